The zero-order valence-corrected chi connectivity index (χ0v) is 11.6. The predicted molar refractivity (Wildman–Crippen MR) is 80.1 cm³/mol. The molecule has 2 aromatic rings. The van der Waals surface area contributed by atoms with Crippen molar-refractivity contribution >= 4 is 12.6 Å². The van der Waals surface area contributed by atoms with E-state index in [0.717, 1.165) is 5.56 Å². The van der Waals surface area contributed by atoms with Crippen LogP contribution >= 0.6 is 0 Å². The van der Waals surface area contributed by atoms with E-state index in [0.29, 0.717) is 18.7 Å². The van der Waals surface area contributed by atoms with Crippen LogP contribution in [0.15, 0.2) is 54.6 Å². The smallest absolute Gasteiger partial charge is 0.423 e. The molecule has 3 rings (SSSR count). The summed E-state index contributed by atoms with van der Waals surface area (Å²) in [5.74, 6) is 0.251. The molecule has 1 heterocycles. The molecule has 1 fully saturated rings. The summed E-state index contributed by atoms with van der Waals surface area (Å²) < 4.78 is 11.6. The van der Waals surface area contributed by atoms with Crippen molar-refractivity contribution in [3.05, 3.63) is 65.7 Å². The van der Waals surface area contributed by atoms with E-state index in [4.69, 9.17) is 19.5 Å². The van der Waals surface area contributed by atoms with Crippen molar-refractivity contribution in [1.82, 2.24) is 0 Å². The fourth-order valence-corrected chi connectivity index (χ4v) is 2.44. The molecule has 1 aliphatic heterocycles. The van der Waals surface area contributed by atoms with Crippen LogP contribution in [0.3, 0.4) is 0 Å². The number of ether oxygens (including phenoxy) is 2. The van der Waals surface area contributed by atoms with Gasteiger partial charge in [-0.2, -0.15) is 0 Å². The molecule has 0 amide bonds. The summed E-state index contributed by atoms with van der Waals surface area (Å²) in [4.78, 5) is 0. The van der Waals surface area contributed by atoms with E-state index in [9.17, 15) is 0 Å². The number of hydrogen-bond donors (Lipinski definition) is 2. The molecule has 5 heteroatoms. The Hall–Kier alpha value is -1.66. The van der Waals surface area contributed by atoms with Gasteiger partial charge in [0, 0.05) is 11.5 Å². The second kappa shape index (κ2) is 6.41. The highest BCUT2D eigenvalue weighted by Gasteiger charge is 2.24. The summed E-state index contributed by atoms with van der Waals surface area (Å²) in [6.07, 6.45) is -0.394. The molecule has 21 heavy (non-hydrogen) atoms. The summed E-state index contributed by atoms with van der Waals surface area (Å²) in [7, 11) is -1.45. The average molecular weight is 284 g/mol. The van der Waals surface area contributed by atoms with Gasteiger partial charge in [-0.1, -0.05) is 54.6 Å². The molecular weight excluding hydrogens is 267 g/mol. The first-order valence-corrected chi connectivity index (χ1v) is 6.98. The lowest BCUT2D eigenvalue weighted by atomic mass is 9.80. The maximum atomic E-state index is 9.08. The van der Waals surface area contributed by atoms with Gasteiger partial charge in [0.25, 0.3) is 0 Å². The highest BCUT2D eigenvalue weighted by Crippen LogP contribution is 2.29. The first-order valence-electron chi connectivity index (χ1n) is 6.98. The highest BCUT2D eigenvalue weighted by atomic mass is 16.7. The van der Waals surface area contributed by atoms with Gasteiger partial charge in [0.2, 0.25) is 0 Å². The molecule has 1 aliphatic rings. The van der Waals surface area contributed by atoms with Gasteiger partial charge >= 0.3 is 7.12 Å². The molecule has 0 aliphatic carbocycles. The molecule has 1 saturated heterocycles. The summed E-state index contributed by atoms with van der Waals surface area (Å²) in [6.45, 7) is 1.22. The monoisotopic (exact) mass is 284 g/mol. The van der Waals surface area contributed by atoms with Gasteiger partial charge in [0.15, 0.2) is 6.29 Å². The van der Waals surface area contributed by atoms with Crippen LogP contribution in [-0.4, -0.2) is 30.4 Å². The van der Waals surface area contributed by atoms with E-state index in [2.05, 4.69) is 12.1 Å². The van der Waals surface area contributed by atoms with Crippen LogP contribution in [0.1, 0.15) is 23.3 Å². The van der Waals surface area contributed by atoms with Crippen molar-refractivity contribution in [1.29, 1.82) is 0 Å². The molecule has 0 spiro atoms. The minimum atomic E-state index is -1.45. The Morgan fingerprint density at radius 3 is 2.00 bits per heavy atom. The molecule has 0 saturated carbocycles. The lowest BCUT2D eigenvalue weighted by Gasteiger charge is -2.30. The Balaban J connectivity index is 1.63. The fraction of sp³-hybridized carbons (Fsp3) is 0.250. The van der Waals surface area contributed by atoms with Crippen LogP contribution in [-0.2, 0) is 9.47 Å². The normalized spacial score (nSPS) is 22.0. The van der Waals surface area contributed by atoms with Crippen LogP contribution in [0.5, 0.6) is 0 Å². The summed E-state index contributed by atoms with van der Waals surface area (Å²) in [5, 5.41) is 18.2. The third-order valence-corrected chi connectivity index (χ3v) is 3.68. The van der Waals surface area contributed by atoms with Crippen molar-refractivity contribution in [2.24, 2.45) is 0 Å². The molecular formula is C16H17BO4. The lowest BCUT2D eigenvalue weighted by Crippen LogP contribution is -2.30. The maximum absolute atomic E-state index is 9.08. The van der Waals surface area contributed by atoms with Crippen molar-refractivity contribution in [3.63, 3.8) is 0 Å². The molecule has 2 aromatic carbocycles. The largest absolute Gasteiger partial charge is 0.488 e. The Morgan fingerprint density at radius 1 is 0.810 bits per heavy atom. The van der Waals surface area contributed by atoms with Gasteiger partial charge in [0.1, 0.15) is 0 Å². The third-order valence-electron chi connectivity index (χ3n) is 3.68. The minimum Gasteiger partial charge on any atom is -0.423 e. The van der Waals surface area contributed by atoms with E-state index in [1.165, 1.54) is 5.56 Å². The Morgan fingerprint density at radius 2 is 1.43 bits per heavy atom. The van der Waals surface area contributed by atoms with Gasteiger partial charge in [-0.15, -0.1) is 0 Å². The minimum absolute atomic E-state index is 0.251. The van der Waals surface area contributed by atoms with Crippen LogP contribution in [0.2, 0.25) is 0 Å². The summed E-state index contributed by atoms with van der Waals surface area (Å²) in [5.41, 5.74) is 2.55. The van der Waals surface area contributed by atoms with Crippen LogP contribution in [0.4, 0.5) is 0 Å². The second-order valence-corrected chi connectivity index (χ2v) is 5.15. The van der Waals surface area contributed by atoms with E-state index in [1.54, 1.807) is 24.3 Å². The van der Waals surface area contributed by atoms with Crippen LogP contribution in [0.25, 0.3) is 0 Å². The quantitative estimate of drug-likeness (QED) is 0.831. The summed E-state index contributed by atoms with van der Waals surface area (Å²) >= 11 is 0. The molecule has 0 bridgehead atoms. The first kappa shape index (κ1) is 14.3. The van der Waals surface area contributed by atoms with Crippen LogP contribution < -0.4 is 5.46 Å². The Labute approximate surface area is 124 Å². The molecule has 0 radical (unpaired) electrons. The van der Waals surface area contributed by atoms with Gasteiger partial charge < -0.3 is 19.5 Å². The SMILES string of the molecule is OB(O)c1ccc([C@H]2OC[C@H](c3ccccc3)CO2)cc1. The van der Waals surface area contributed by atoms with Gasteiger partial charge in [-0.05, 0) is 11.0 Å². The summed E-state index contributed by atoms with van der Waals surface area (Å²) in [6, 6.07) is 17.1. The maximum Gasteiger partial charge on any atom is 0.488 e. The lowest BCUT2D eigenvalue weighted by molar-refractivity contribution is -0.191. The van der Waals surface area contributed by atoms with E-state index in [-0.39, 0.29) is 5.92 Å². The number of rotatable bonds is 3. The van der Waals surface area contributed by atoms with Crippen molar-refractivity contribution in [3.8, 4) is 0 Å². The zero-order chi connectivity index (χ0) is 14.7. The highest BCUT2D eigenvalue weighted by molar-refractivity contribution is 6.58. The average Bonchev–Trinajstić information content (AvgIpc) is 2.56. The second-order valence-electron chi connectivity index (χ2n) is 5.15. The fourth-order valence-electron chi connectivity index (χ4n) is 2.44. The molecule has 0 atom stereocenters. The predicted octanol–water partition coefficient (Wildman–Crippen LogP) is 1.20. The number of hydrogen-bond acceptors (Lipinski definition) is 4. The topological polar surface area (TPSA) is 58.9 Å². The van der Waals surface area contributed by atoms with Crippen molar-refractivity contribution in [2.75, 3.05) is 13.2 Å². The van der Waals surface area contributed by atoms with Crippen molar-refractivity contribution in [2.45, 2.75) is 12.2 Å². The third kappa shape index (κ3) is 3.33. The first-order chi connectivity index (χ1) is 10.2. The van der Waals surface area contributed by atoms with Gasteiger partial charge in [0.05, 0.1) is 13.2 Å². The standard InChI is InChI=1S/C16H17BO4/c18-17(19)15-8-6-13(7-9-15)16-20-10-14(11-21-16)12-4-2-1-3-5-12/h1-9,14,16,18-19H,10-11H2/t14-,16-. The van der Waals surface area contributed by atoms with E-state index in [1.807, 2.05) is 18.2 Å². The van der Waals surface area contributed by atoms with Gasteiger partial charge in [-0.25, -0.2) is 0 Å². The van der Waals surface area contributed by atoms with E-state index >= 15 is 0 Å². The Kier molecular flexibility index (Phi) is 4.36. The Bertz CT molecular complexity index is 563. The van der Waals surface area contributed by atoms with Crippen LogP contribution in [0, 0.1) is 0 Å². The molecule has 108 valence electrons. The van der Waals surface area contributed by atoms with E-state index < -0.39 is 13.4 Å². The molecule has 0 unspecified atom stereocenters. The zero-order valence-electron chi connectivity index (χ0n) is 11.6. The molecule has 0 aromatic heterocycles. The molecule has 2 N–H and O–H groups in total. The molecule has 4 nitrogen and oxygen atoms in total. The van der Waals surface area contributed by atoms with Crippen molar-refractivity contribution < 1.29 is 19.5 Å². The van der Waals surface area contributed by atoms with Gasteiger partial charge in [-0.3, -0.25) is 0 Å². The number of benzene rings is 2.